The van der Waals surface area contributed by atoms with Crippen LogP contribution in [0.5, 0.6) is 0 Å². The number of morpholine rings is 1. The van der Waals surface area contributed by atoms with Crippen molar-refractivity contribution in [2.75, 3.05) is 18.0 Å². The van der Waals surface area contributed by atoms with Crippen LogP contribution in [0.25, 0.3) is 22.6 Å². The van der Waals surface area contributed by atoms with Gasteiger partial charge in [0, 0.05) is 44.3 Å². The molecule has 1 aliphatic heterocycles. The first-order valence-corrected chi connectivity index (χ1v) is 9.02. The van der Waals surface area contributed by atoms with Crippen LogP contribution in [0.3, 0.4) is 0 Å². The van der Waals surface area contributed by atoms with Gasteiger partial charge in [-0.25, -0.2) is 19.3 Å². The van der Waals surface area contributed by atoms with Gasteiger partial charge in [0.1, 0.15) is 11.5 Å². The molecule has 0 unspecified atom stereocenters. The van der Waals surface area contributed by atoms with Gasteiger partial charge in [-0.15, -0.1) is 0 Å². The molecule has 0 N–H and O–H groups in total. The van der Waals surface area contributed by atoms with E-state index in [0.717, 1.165) is 35.7 Å². The lowest BCUT2D eigenvalue weighted by atomic mass is 10.1. The topological polar surface area (TPSA) is 56.1 Å². The molecule has 3 heterocycles. The standard InChI is InChI=1S/C20H22FN5O/c1-13-11-26(12-14(2)27-13)20-23-10-17(15-4-6-16(21)7-5-15)18(24-20)19-22-8-9-25(19)3/h4-10,13-14H,11-12H2,1-3H3/t13-,14-/m1/s1. The van der Waals surface area contributed by atoms with Gasteiger partial charge in [0.15, 0.2) is 5.82 Å². The predicted molar refractivity (Wildman–Crippen MR) is 102 cm³/mol. The van der Waals surface area contributed by atoms with Crippen LogP contribution in [-0.4, -0.2) is 44.8 Å². The minimum Gasteiger partial charge on any atom is -0.372 e. The zero-order chi connectivity index (χ0) is 19.0. The summed E-state index contributed by atoms with van der Waals surface area (Å²) in [5.41, 5.74) is 2.40. The van der Waals surface area contributed by atoms with Gasteiger partial charge in [-0.1, -0.05) is 12.1 Å². The van der Waals surface area contributed by atoms with Crippen LogP contribution >= 0.6 is 0 Å². The van der Waals surface area contributed by atoms with Crippen molar-refractivity contribution in [1.82, 2.24) is 19.5 Å². The summed E-state index contributed by atoms with van der Waals surface area (Å²) in [4.78, 5) is 16.0. The lowest BCUT2D eigenvalue weighted by Gasteiger charge is -2.35. The summed E-state index contributed by atoms with van der Waals surface area (Å²) in [5.74, 6) is 1.12. The maximum Gasteiger partial charge on any atom is 0.226 e. The molecule has 0 amide bonds. The number of imidazole rings is 1. The molecular weight excluding hydrogens is 345 g/mol. The number of hydrogen-bond donors (Lipinski definition) is 0. The third-order valence-electron chi connectivity index (χ3n) is 4.67. The molecule has 3 aromatic rings. The highest BCUT2D eigenvalue weighted by Crippen LogP contribution is 2.31. The number of hydrogen-bond acceptors (Lipinski definition) is 5. The molecule has 1 aliphatic rings. The number of nitrogens with zero attached hydrogens (tertiary/aromatic N) is 5. The summed E-state index contributed by atoms with van der Waals surface area (Å²) in [6.45, 7) is 5.57. The Kier molecular flexibility index (Phi) is 4.61. The highest BCUT2D eigenvalue weighted by Gasteiger charge is 2.25. The van der Waals surface area contributed by atoms with E-state index in [1.165, 1.54) is 12.1 Å². The van der Waals surface area contributed by atoms with Gasteiger partial charge in [-0.3, -0.25) is 0 Å². The summed E-state index contributed by atoms with van der Waals surface area (Å²) in [5, 5.41) is 0. The van der Waals surface area contributed by atoms with Gasteiger partial charge in [0.25, 0.3) is 0 Å². The number of ether oxygens (including phenoxy) is 1. The molecule has 27 heavy (non-hydrogen) atoms. The van der Waals surface area contributed by atoms with E-state index in [-0.39, 0.29) is 18.0 Å². The number of rotatable bonds is 3. The maximum atomic E-state index is 13.4. The smallest absolute Gasteiger partial charge is 0.226 e. The van der Waals surface area contributed by atoms with E-state index in [1.54, 1.807) is 24.5 Å². The lowest BCUT2D eigenvalue weighted by Crippen LogP contribution is -2.46. The van der Waals surface area contributed by atoms with Gasteiger partial charge in [0.2, 0.25) is 5.95 Å². The molecule has 6 nitrogen and oxygen atoms in total. The van der Waals surface area contributed by atoms with Gasteiger partial charge in [-0.05, 0) is 31.5 Å². The molecule has 0 radical (unpaired) electrons. The molecule has 2 aromatic heterocycles. The van der Waals surface area contributed by atoms with Gasteiger partial charge in [-0.2, -0.15) is 0 Å². The second kappa shape index (κ2) is 7.08. The summed E-state index contributed by atoms with van der Waals surface area (Å²) >= 11 is 0. The summed E-state index contributed by atoms with van der Waals surface area (Å²) < 4.78 is 21.1. The monoisotopic (exact) mass is 367 g/mol. The average molecular weight is 367 g/mol. The van der Waals surface area contributed by atoms with Crippen molar-refractivity contribution in [1.29, 1.82) is 0 Å². The number of aromatic nitrogens is 4. The fraction of sp³-hybridized carbons (Fsp3) is 0.350. The molecule has 7 heteroatoms. The number of anilines is 1. The van der Waals surface area contributed by atoms with Gasteiger partial charge < -0.3 is 14.2 Å². The molecule has 2 atom stereocenters. The normalized spacial score (nSPS) is 20.1. The van der Waals surface area contributed by atoms with Crippen molar-refractivity contribution >= 4 is 5.95 Å². The van der Waals surface area contributed by atoms with Crippen LogP contribution in [-0.2, 0) is 11.8 Å². The van der Waals surface area contributed by atoms with Crippen molar-refractivity contribution in [2.45, 2.75) is 26.1 Å². The minimum atomic E-state index is -0.272. The third kappa shape index (κ3) is 3.55. The Bertz CT molecular complexity index is 930. The van der Waals surface area contributed by atoms with Crippen molar-refractivity contribution < 1.29 is 9.13 Å². The van der Waals surface area contributed by atoms with E-state index in [1.807, 2.05) is 17.8 Å². The minimum absolute atomic E-state index is 0.116. The van der Waals surface area contributed by atoms with Crippen LogP contribution in [0.15, 0.2) is 42.9 Å². The Hall–Kier alpha value is -2.80. The SMILES string of the molecule is C[C@@H]1CN(c2ncc(-c3ccc(F)cc3)c(-c3nccn3C)n2)C[C@@H](C)O1. The van der Waals surface area contributed by atoms with E-state index in [2.05, 4.69) is 28.7 Å². The zero-order valence-electron chi connectivity index (χ0n) is 15.6. The van der Waals surface area contributed by atoms with Crippen molar-refractivity contribution in [2.24, 2.45) is 7.05 Å². The molecule has 1 saturated heterocycles. The first-order valence-electron chi connectivity index (χ1n) is 9.02. The first kappa shape index (κ1) is 17.6. The number of aryl methyl sites for hydroxylation is 1. The van der Waals surface area contributed by atoms with E-state index >= 15 is 0 Å². The Morgan fingerprint density at radius 3 is 2.41 bits per heavy atom. The second-order valence-corrected chi connectivity index (χ2v) is 6.96. The van der Waals surface area contributed by atoms with Crippen LogP contribution in [0.2, 0.25) is 0 Å². The molecule has 1 fully saturated rings. The number of halogens is 1. The fourth-order valence-corrected chi connectivity index (χ4v) is 3.47. The maximum absolute atomic E-state index is 13.4. The quantitative estimate of drug-likeness (QED) is 0.711. The first-order chi connectivity index (χ1) is 13.0. The molecule has 0 saturated carbocycles. The van der Waals surface area contributed by atoms with Crippen LogP contribution < -0.4 is 4.90 Å². The zero-order valence-corrected chi connectivity index (χ0v) is 15.6. The van der Waals surface area contributed by atoms with E-state index < -0.39 is 0 Å². The average Bonchev–Trinajstić information content (AvgIpc) is 3.07. The Morgan fingerprint density at radius 1 is 1.07 bits per heavy atom. The molecular formula is C20H22FN5O. The second-order valence-electron chi connectivity index (χ2n) is 6.96. The summed E-state index contributed by atoms with van der Waals surface area (Å²) in [7, 11) is 1.93. The van der Waals surface area contributed by atoms with E-state index in [0.29, 0.717) is 5.95 Å². The summed E-state index contributed by atoms with van der Waals surface area (Å²) in [6, 6.07) is 6.35. The molecule has 0 aliphatic carbocycles. The molecule has 0 bridgehead atoms. The van der Waals surface area contributed by atoms with E-state index in [9.17, 15) is 4.39 Å². The van der Waals surface area contributed by atoms with Crippen LogP contribution in [0.4, 0.5) is 10.3 Å². The van der Waals surface area contributed by atoms with Crippen molar-refractivity contribution in [3.63, 3.8) is 0 Å². The number of benzene rings is 1. The highest BCUT2D eigenvalue weighted by molar-refractivity contribution is 5.78. The Balaban J connectivity index is 1.81. The third-order valence-corrected chi connectivity index (χ3v) is 4.67. The Labute approximate surface area is 157 Å². The Morgan fingerprint density at radius 2 is 1.78 bits per heavy atom. The molecule has 1 aromatic carbocycles. The van der Waals surface area contributed by atoms with Gasteiger partial charge >= 0.3 is 0 Å². The highest BCUT2D eigenvalue weighted by atomic mass is 19.1. The van der Waals surface area contributed by atoms with Crippen molar-refractivity contribution in [3.05, 3.63) is 48.7 Å². The van der Waals surface area contributed by atoms with Crippen molar-refractivity contribution in [3.8, 4) is 22.6 Å². The molecule has 140 valence electrons. The fourth-order valence-electron chi connectivity index (χ4n) is 3.47. The van der Waals surface area contributed by atoms with Gasteiger partial charge in [0.05, 0.1) is 12.2 Å². The predicted octanol–water partition coefficient (Wildman–Crippen LogP) is 3.30. The molecule has 4 rings (SSSR count). The van der Waals surface area contributed by atoms with Crippen LogP contribution in [0, 0.1) is 5.82 Å². The summed E-state index contributed by atoms with van der Waals surface area (Å²) in [6.07, 6.45) is 5.65. The van der Waals surface area contributed by atoms with Crippen LogP contribution in [0.1, 0.15) is 13.8 Å². The van der Waals surface area contributed by atoms with E-state index in [4.69, 9.17) is 9.72 Å². The lowest BCUT2D eigenvalue weighted by molar-refractivity contribution is -0.00571. The molecule has 0 spiro atoms. The largest absolute Gasteiger partial charge is 0.372 e.